The third kappa shape index (κ3) is 4.08. The van der Waals surface area contributed by atoms with Crippen LogP contribution in [0.3, 0.4) is 0 Å². The zero-order valence-electron chi connectivity index (χ0n) is 12.3. The summed E-state index contributed by atoms with van der Waals surface area (Å²) in [5.41, 5.74) is 0. The largest absolute Gasteiger partial charge is 0.320 e. The summed E-state index contributed by atoms with van der Waals surface area (Å²) >= 11 is 17.9. The highest BCUT2D eigenvalue weighted by Gasteiger charge is 2.32. The molecule has 4 nitrogen and oxygen atoms in total. The first-order chi connectivity index (χ1) is 10.4. The van der Waals surface area contributed by atoms with Crippen molar-refractivity contribution < 1.29 is 8.42 Å². The molecule has 0 bridgehead atoms. The summed E-state index contributed by atoms with van der Waals surface area (Å²) in [7, 11) is -1.77. The van der Waals surface area contributed by atoms with Crippen LogP contribution >= 0.6 is 34.8 Å². The van der Waals surface area contributed by atoms with Gasteiger partial charge in [-0.15, -0.1) is 0 Å². The second-order valence-electron chi connectivity index (χ2n) is 5.44. The first-order valence-corrected chi connectivity index (χ1v) is 9.73. The van der Waals surface area contributed by atoms with Crippen molar-refractivity contribution in [2.45, 2.75) is 24.2 Å². The van der Waals surface area contributed by atoms with Crippen LogP contribution in [0.4, 0.5) is 0 Å². The van der Waals surface area contributed by atoms with Gasteiger partial charge in [0.05, 0.1) is 10.0 Å². The van der Waals surface area contributed by atoms with Crippen LogP contribution in [0.1, 0.15) is 19.3 Å². The summed E-state index contributed by atoms with van der Waals surface area (Å²) in [4.78, 5) is -0.0473. The van der Waals surface area contributed by atoms with Crippen LogP contribution in [0.2, 0.25) is 15.1 Å². The molecular weight excluding hydrogens is 367 g/mol. The Morgan fingerprint density at radius 2 is 1.73 bits per heavy atom. The zero-order chi connectivity index (χ0) is 16.3. The number of rotatable bonds is 5. The fourth-order valence-corrected chi connectivity index (χ4v) is 5.65. The number of piperidine rings is 1. The molecule has 1 aromatic rings. The van der Waals surface area contributed by atoms with Gasteiger partial charge in [0, 0.05) is 18.1 Å². The Morgan fingerprint density at radius 3 is 2.23 bits per heavy atom. The lowest BCUT2D eigenvalue weighted by atomic mass is 9.95. The van der Waals surface area contributed by atoms with E-state index in [4.69, 9.17) is 34.8 Å². The highest BCUT2D eigenvalue weighted by Crippen LogP contribution is 2.36. The molecule has 1 saturated heterocycles. The molecular formula is C14H19Cl3N2O2S. The summed E-state index contributed by atoms with van der Waals surface area (Å²) in [6, 6.07) is 2.81. The van der Waals surface area contributed by atoms with Gasteiger partial charge in [-0.2, -0.15) is 4.31 Å². The number of sulfonamides is 1. The highest BCUT2D eigenvalue weighted by atomic mass is 35.5. The van der Waals surface area contributed by atoms with Crippen LogP contribution < -0.4 is 5.32 Å². The maximum Gasteiger partial charge on any atom is 0.246 e. The SMILES string of the molecule is CNCCC1CCN(S(=O)(=O)c2c(Cl)cc(Cl)cc2Cl)CC1. The van der Waals surface area contributed by atoms with Gasteiger partial charge in [-0.05, 0) is 50.9 Å². The Balaban J connectivity index is 2.16. The summed E-state index contributed by atoms with van der Waals surface area (Å²) in [6.45, 7) is 1.93. The maximum absolute atomic E-state index is 12.8. The van der Waals surface area contributed by atoms with Crippen LogP contribution in [-0.2, 0) is 10.0 Å². The van der Waals surface area contributed by atoms with E-state index in [0.717, 1.165) is 25.8 Å². The predicted octanol–water partition coefficient (Wildman–Crippen LogP) is 3.66. The topological polar surface area (TPSA) is 49.4 Å². The van der Waals surface area contributed by atoms with Gasteiger partial charge in [0.15, 0.2) is 0 Å². The Hall–Kier alpha value is -0.0400. The molecule has 1 aliphatic rings. The number of hydrogen-bond acceptors (Lipinski definition) is 3. The Morgan fingerprint density at radius 1 is 1.18 bits per heavy atom. The molecule has 0 aliphatic carbocycles. The Kier molecular flexibility index (Phi) is 6.39. The third-order valence-electron chi connectivity index (χ3n) is 3.94. The van der Waals surface area contributed by atoms with Crippen LogP contribution in [0.15, 0.2) is 17.0 Å². The molecule has 124 valence electrons. The predicted molar refractivity (Wildman–Crippen MR) is 91.5 cm³/mol. The lowest BCUT2D eigenvalue weighted by molar-refractivity contribution is 0.263. The van der Waals surface area contributed by atoms with Crippen LogP contribution in [-0.4, -0.2) is 39.4 Å². The van der Waals surface area contributed by atoms with Crippen molar-refractivity contribution in [2.75, 3.05) is 26.7 Å². The second-order valence-corrected chi connectivity index (χ2v) is 8.56. The summed E-state index contributed by atoms with van der Waals surface area (Å²) in [5.74, 6) is 0.551. The standard InChI is InChI=1S/C14H19Cl3N2O2S/c1-18-5-2-10-3-6-19(7-4-10)22(20,21)14-12(16)8-11(15)9-13(14)17/h8-10,18H,2-7H2,1H3. The average Bonchev–Trinajstić information content (AvgIpc) is 2.44. The van der Waals surface area contributed by atoms with Gasteiger partial charge in [0.25, 0.3) is 0 Å². The molecule has 0 amide bonds. The van der Waals surface area contributed by atoms with Crippen molar-refractivity contribution in [3.63, 3.8) is 0 Å². The van der Waals surface area contributed by atoms with E-state index in [1.165, 1.54) is 16.4 Å². The minimum absolute atomic E-state index is 0.0473. The summed E-state index contributed by atoms with van der Waals surface area (Å²) in [6.07, 6.45) is 2.76. The molecule has 1 aromatic carbocycles. The third-order valence-corrected chi connectivity index (χ3v) is 6.98. The fraction of sp³-hybridized carbons (Fsp3) is 0.571. The van der Waals surface area contributed by atoms with Crippen molar-refractivity contribution in [3.8, 4) is 0 Å². The van der Waals surface area contributed by atoms with Crippen molar-refractivity contribution in [3.05, 3.63) is 27.2 Å². The maximum atomic E-state index is 12.8. The molecule has 1 heterocycles. The van der Waals surface area contributed by atoms with Crippen LogP contribution in [0.5, 0.6) is 0 Å². The summed E-state index contributed by atoms with van der Waals surface area (Å²) < 4.78 is 27.0. The first-order valence-electron chi connectivity index (χ1n) is 7.15. The van der Waals surface area contributed by atoms with Gasteiger partial charge in [-0.1, -0.05) is 34.8 Å². The smallest absolute Gasteiger partial charge is 0.246 e. The Labute approximate surface area is 146 Å². The number of halogens is 3. The number of benzene rings is 1. The lowest BCUT2D eigenvalue weighted by Crippen LogP contribution is -2.39. The number of nitrogens with one attached hydrogen (secondary N) is 1. The van der Waals surface area contributed by atoms with Crippen molar-refractivity contribution in [2.24, 2.45) is 5.92 Å². The van der Waals surface area contributed by atoms with Gasteiger partial charge in [-0.3, -0.25) is 0 Å². The summed E-state index contributed by atoms with van der Waals surface area (Å²) in [5, 5.41) is 3.57. The van der Waals surface area contributed by atoms with Gasteiger partial charge >= 0.3 is 0 Å². The van der Waals surface area contributed by atoms with E-state index in [0.29, 0.717) is 24.0 Å². The zero-order valence-corrected chi connectivity index (χ0v) is 15.4. The Bertz CT molecular complexity index is 606. The fourth-order valence-electron chi connectivity index (χ4n) is 2.69. The highest BCUT2D eigenvalue weighted by molar-refractivity contribution is 7.89. The molecule has 22 heavy (non-hydrogen) atoms. The molecule has 2 rings (SSSR count). The van der Waals surface area contributed by atoms with E-state index in [9.17, 15) is 8.42 Å². The molecule has 0 aromatic heterocycles. The van der Waals surface area contributed by atoms with Crippen molar-refractivity contribution >= 4 is 44.8 Å². The monoisotopic (exact) mass is 384 g/mol. The van der Waals surface area contributed by atoms with Gasteiger partial charge < -0.3 is 5.32 Å². The molecule has 1 aliphatic heterocycles. The molecule has 1 N–H and O–H groups in total. The molecule has 0 radical (unpaired) electrons. The lowest BCUT2D eigenvalue weighted by Gasteiger charge is -2.31. The molecule has 0 atom stereocenters. The van der Waals surface area contributed by atoms with Gasteiger partial charge in [-0.25, -0.2) is 8.42 Å². The van der Waals surface area contributed by atoms with Gasteiger partial charge in [0.1, 0.15) is 4.90 Å². The van der Waals surface area contributed by atoms with Crippen molar-refractivity contribution in [1.29, 1.82) is 0 Å². The van der Waals surface area contributed by atoms with E-state index in [1.54, 1.807) is 0 Å². The number of nitrogens with zero attached hydrogens (tertiary/aromatic N) is 1. The van der Waals surface area contributed by atoms with E-state index in [1.807, 2.05) is 7.05 Å². The van der Waals surface area contributed by atoms with Crippen molar-refractivity contribution in [1.82, 2.24) is 9.62 Å². The van der Waals surface area contributed by atoms with E-state index in [2.05, 4.69) is 5.32 Å². The molecule has 0 saturated carbocycles. The minimum Gasteiger partial charge on any atom is -0.320 e. The molecule has 0 unspecified atom stereocenters. The van der Waals surface area contributed by atoms with E-state index < -0.39 is 10.0 Å². The molecule has 0 spiro atoms. The first kappa shape index (κ1) is 18.3. The van der Waals surface area contributed by atoms with E-state index >= 15 is 0 Å². The molecule has 8 heteroatoms. The van der Waals surface area contributed by atoms with Crippen LogP contribution in [0.25, 0.3) is 0 Å². The van der Waals surface area contributed by atoms with Gasteiger partial charge in [0.2, 0.25) is 10.0 Å². The average molecular weight is 386 g/mol. The van der Waals surface area contributed by atoms with E-state index in [-0.39, 0.29) is 14.9 Å². The van der Waals surface area contributed by atoms with Crippen LogP contribution in [0, 0.1) is 5.92 Å². The second kappa shape index (κ2) is 7.69. The normalized spacial score (nSPS) is 17.8. The molecule has 1 fully saturated rings. The number of hydrogen-bond donors (Lipinski definition) is 1. The minimum atomic E-state index is -3.69. The quantitative estimate of drug-likeness (QED) is 0.841.